The number of thioether (sulfide) groups is 1. The molecule has 2 aromatic rings. The van der Waals surface area contributed by atoms with Gasteiger partial charge in [-0.05, 0) is 38.4 Å². The number of nitrogens with zero attached hydrogens (tertiary/aromatic N) is 3. The van der Waals surface area contributed by atoms with Crippen molar-refractivity contribution in [3.63, 3.8) is 0 Å². The molecule has 2 saturated heterocycles. The standard InChI is InChI=1S/C31H34N4O8S/c1-12-6-15-7-17-18(8-32)35-19-9-41-31(39)16(33-14(3)36)10-44-30(22-21(19)29-28(42-11-43-29)13(2)25(22)37)24(35)23(34(17)4)20(15)26(38)27(12)40-5/h6,16-19,23-24,30,37-38H,7,9-11H2,1-5H3,(H,33,36)/t16?,17-,18-,19-,23+,24?,30+/m0/s1. The van der Waals surface area contributed by atoms with Crippen LogP contribution in [0, 0.1) is 25.2 Å². The number of likely N-dealkylation sites (N-methyl/N-ethyl adjacent to an activating group) is 1. The van der Waals surface area contributed by atoms with Gasteiger partial charge in [-0.2, -0.15) is 5.26 Å². The Morgan fingerprint density at radius 1 is 1.16 bits per heavy atom. The van der Waals surface area contributed by atoms with E-state index in [4.69, 9.17) is 18.9 Å². The van der Waals surface area contributed by atoms with E-state index in [1.807, 2.05) is 20.0 Å². The molecule has 232 valence electrons. The Kier molecular flexibility index (Phi) is 6.80. The molecule has 7 rings (SSSR count). The van der Waals surface area contributed by atoms with Gasteiger partial charge in [0.2, 0.25) is 12.7 Å². The highest BCUT2D eigenvalue weighted by atomic mass is 32.2. The van der Waals surface area contributed by atoms with E-state index in [1.54, 1.807) is 6.92 Å². The summed E-state index contributed by atoms with van der Waals surface area (Å²) in [4.78, 5) is 29.6. The largest absolute Gasteiger partial charge is 0.507 e. The van der Waals surface area contributed by atoms with Gasteiger partial charge in [0.1, 0.15) is 24.4 Å². The molecular weight excluding hydrogens is 588 g/mol. The van der Waals surface area contributed by atoms with Crippen molar-refractivity contribution in [2.24, 2.45) is 0 Å². The van der Waals surface area contributed by atoms with E-state index in [0.717, 1.165) is 16.7 Å². The summed E-state index contributed by atoms with van der Waals surface area (Å²) >= 11 is 1.40. The molecule has 0 aromatic heterocycles. The Morgan fingerprint density at radius 2 is 1.91 bits per heavy atom. The summed E-state index contributed by atoms with van der Waals surface area (Å²) in [5.41, 5.74) is 4.25. The monoisotopic (exact) mass is 622 g/mol. The van der Waals surface area contributed by atoms with Crippen molar-refractivity contribution in [3.05, 3.63) is 39.4 Å². The number of phenolic OH excluding ortho intramolecular Hbond substituents is 2. The number of cyclic esters (lactones) is 1. The number of hydrogen-bond acceptors (Lipinski definition) is 12. The number of esters is 1. The minimum atomic E-state index is -0.915. The number of methoxy groups -OCH3 is 1. The van der Waals surface area contributed by atoms with Crippen LogP contribution in [0.25, 0.3) is 0 Å². The summed E-state index contributed by atoms with van der Waals surface area (Å²) in [6, 6.07) is 1.22. The molecule has 1 amide bonds. The van der Waals surface area contributed by atoms with Crippen molar-refractivity contribution in [1.29, 1.82) is 5.26 Å². The molecule has 5 heterocycles. The number of amides is 1. The quantitative estimate of drug-likeness (QED) is 0.422. The Labute approximate surface area is 258 Å². The molecule has 2 fully saturated rings. The first kappa shape index (κ1) is 28.9. The molecule has 44 heavy (non-hydrogen) atoms. The summed E-state index contributed by atoms with van der Waals surface area (Å²) in [6.45, 7) is 4.83. The lowest BCUT2D eigenvalue weighted by Crippen LogP contribution is -2.69. The molecule has 0 radical (unpaired) electrons. The first-order valence-electron chi connectivity index (χ1n) is 14.6. The number of aromatic hydroxyl groups is 2. The van der Waals surface area contributed by atoms with Crippen LogP contribution in [-0.2, 0) is 20.7 Å². The maximum atomic E-state index is 13.3. The molecule has 5 aliphatic heterocycles. The van der Waals surface area contributed by atoms with Crippen LogP contribution in [0.15, 0.2) is 6.07 Å². The normalized spacial score (nSPS) is 30.4. The lowest BCUT2D eigenvalue weighted by atomic mass is 9.71. The van der Waals surface area contributed by atoms with E-state index in [2.05, 4.69) is 21.2 Å². The van der Waals surface area contributed by atoms with Gasteiger partial charge in [0.05, 0.1) is 30.5 Å². The second-order valence-electron chi connectivity index (χ2n) is 12.1. The molecule has 2 aromatic carbocycles. The fourth-order valence-corrected chi connectivity index (χ4v) is 9.56. The van der Waals surface area contributed by atoms with E-state index in [0.29, 0.717) is 40.4 Å². The number of rotatable bonds is 2. The van der Waals surface area contributed by atoms with Crippen molar-refractivity contribution in [3.8, 4) is 34.8 Å². The summed E-state index contributed by atoms with van der Waals surface area (Å²) < 4.78 is 23.3. The number of carbonyl (C=O) groups is 2. The first-order chi connectivity index (χ1) is 21.1. The summed E-state index contributed by atoms with van der Waals surface area (Å²) in [7, 11) is 3.49. The number of ether oxygens (including phenoxy) is 4. The zero-order valence-corrected chi connectivity index (χ0v) is 25.9. The minimum absolute atomic E-state index is 0.0273. The predicted molar refractivity (Wildman–Crippen MR) is 158 cm³/mol. The van der Waals surface area contributed by atoms with Crippen molar-refractivity contribution in [2.75, 3.05) is 33.3 Å². The van der Waals surface area contributed by atoms with Gasteiger partial charge in [0.25, 0.3) is 0 Å². The molecule has 12 nitrogen and oxygen atoms in total. The van der Waals surface area contributed by atoms with Crippen molar-refractivity contribution in [1.82, 2.24) is 15.1 Å². The first-order valence-corrected chi connectivity index (χ1v) is 15.6. The van der Waals surface area contributed by atoms with Crippen LogP contribution in [0.2, 0.25) is 0 Å². The van der Waals surface area contributed by atoms with Gasteiger partial charge in [-0.1, -0.05) is 6.07 Å². The van der Waals surface area contributed by atoms with Gasteiger partial charge < -0.3 is 34.5 Å². The van der Waals surface area contributed by atoms with Crippen LogP contribution in [-0.4, -0.2) is 89.4 Å². The van der Waals surface area contributed by atoms with E-state index >= 15 is 0 Å². The number of phenols is 2. The fourth-order valence-electron chi connectivity index (χ4n) is 8.05. The maximum absolute atomic E-state index is 13.3. The number of hydrogen-bond donors (Lipinski definition) is 3. The average molecular weight is 623 g/mol. The second kappa shape index (κ2) is 10.4. The molecule has 0 saturated carbocycles. The van der Waals surface area contributed by atoms with Gasteiger partial charge >= 0.3 is 5.97 Å². The van der Waals surface area contributed by atoms with Gasteiger partial charge in [-0.25, -0.2) is 4.79 Å². The third-order valence-electron chi connectivity index (χ3n) is 9.82. The van der Waals surface area contributed by atoms with E-state index in [1.165, 1.54) is 25.8 Å². The SMILES string of the molecule is COc1c(C)cc2c(c1O)[C@@H]1C3[C@@H]4SCC(NC(C)=O)C(=O)OC[C@@H](c5c6c(c(C)c(O)c54)OCO6)N3[C@@H](C#N)[C@H](C2)N1C. The van der Waals surface area contributed by atoms with Crippen LogP contribution >= 0.6 is 11.8 Å². The van der Waals surface area contributed by atoms with Crippen LogP contribution in [0.1, 0.15) is 57.6 Å². The fraction of sp³-hybridized carbons (Fsp3) is 0.516. The molecule has 5 aliphatic rings. The molecule has 3 N–H and O–H groups in total. The highest BCUT2D eigenvalue weighted by Gasteiger charge is 2.60. The molecular formula is C31H34N4O8S. The van der Waals surface area contributed by atoms with Crippen molar-refractivity contribution in [2.45, 2.75) is 68.7 Å². The minimum Gasteiger partial charge on any atom is -0.507 e. The van der Waals surface area contributed by atoms with E-state index in [-0.39, 0.29) is 42.6 Å². The highest BCUT2D eigenvalue weighted by molar-refractivity contribution is 7.99. The van der Waals surface area contributed by atoms with Crippen LogP contribution in [0.3, 0.4) is 0 Å². The Balaban J connectivity index is 1.51. The van der Waals surface area contributed by atoms with E-state index in [9.17, 15) is 25.1 Å². The molecule has 2 unspecified atom stereocenters. The molecule has 7 atom stereocenters. The maximum Gasteiger partial charge on any atom is 0.329 e. The van der Waals surface area contributed by atoms with Gasteiger partial charge in [-0.3, -0.25) is 14.6 Å². The topological polar surface area (TPSA) is 154 Å². The number of carbonyl (C=O) groups excluding carboxylic acids is 2. The third-order valence-corrected chi connectivity index (χ3v) is 11.2. The number of piperazine rings is 1. The van der Waals surface area contributed by atoms with Gasteiger partial charge in [-0.15, -0.1) is 11.8 Å². The number of fused-ring (bicyclic) bond motifs is 9. The highest BCUT2D eigenvalue weighted by Crippen LogP contribution is 2.63. The van der Waals surface area contributed by atoms with Crippen molar-refractivity contribution >= 4 is 23.6 Å². The number of aryl methyl sites for hydroxylation is 1. The lowest BCUT2D eigenvalue weighted by molar-refractivity contribution is -0.152. The summed E-state index contributed by atoms with van der Waals surface area (Å²) in [5, 5.41) is 36.6. The number of nitrogens with one attached hydrogen (secondary N) is 1. The summed E-state index contributed by atoms with van der Waals surface area (Å²) in [6.07, 6.45) is 0.515. The molecule has 0 spiro atoms. The Bertz CT molecular complexity index is 1640. The third kappa shape index (κ3) is 3.90. The van der Waals surface area contributed by atoms with Gasteiger partial charge in [0.15, 0.2) is 23.0 Å². The van der Waals surface area contributed by atoms with Crippen LogP contribution in [0.5, 0.6) is 28.7 Å². The Hall–Kier alpha value is -3.86. The molecule has 4 bridgehead atoms. The van der Waals surface area contributed by atoms with Crippen LogP contribution in [0.4, 0.5) is 0 Å². The van der Waals surface area contributed by atoms with Gasteiger partial charge in [0, 0.05) is 47.0 Å². The van der Waals surface area contributed by atoms with Crippen molar-refractivity contribution < 1.29 is 38.7 Å². The lowest BCUT2D eigenvalue weighted by Gasteiger charge is -2.61. The molecule has 0 aliphatic carbocycles. The Morgan fingerprint density at radius 3 is 2.61 bits per heavy atom. The second-order valence-corrected chi connectivity index (χ2v) is 13.2. The summed E-state index contributed by atoms with van der Waals surface area (Å²) in [5.74, 6) is 0.614. The zero-order chi connectivity index (χ0) is 31.2. The smallest absolute Gasteiger partial charge is 0.329 e. The molecule has 13 heteroatoms. The van der Waals surface area contributed by atoms with Crippen LogP contribution < -0.4 is 19.5 Å². The van der Waals surface area contributed by atoms with E-state index < -0.39 is 41.4 Å². The number of nitriles is 1. The average Bonchev–Trinajstić information content (AvgIpc) is 3.47. The predicted octanol–water partition coefficient (Wildman–Crippen LogP) is 2.52. The number of benzene rings is 2. The zero-order valence-electron chi connectivity index (χ0n) is 25.0.